The number of piperidine rings is 1. The molecule has 0 N–H and O–H groups in total. The van der Waals surface area contributed by atoms with Gasteiger partial charge in [0.2, 0.25) is 11.8 Å². The molecule has 3 saturated heterocycles. The highest BCUT2D eigenvalue weighted by molar-refractivity contribution is 5.89. The van der Waals surface area contributed by atoms with Crippen LogP contribution in [0.5, 0.6) is 0 Å². The second kappa shape index (κ2) is 6.96. The number of amides is 2. The number of carbonyl (C=O) groups excluding carboxylic acids is 2. The molecule has 26 heavy (non-hydrogen) atoms. The number of hydrogen-bond donors (Lipinski definition) is 0. The molecule has 0 unspecified atom stereocenters. The van der Waals surface area contributed by atoms with Crippen LogP contribution in [0.3, 0.4) is 0 Å². The fourth-order valence-corrected chi connectivity index (χ4v) is 4.01. The van der Waals surface area contributed by atoms with Gasteiger partial charge < -0.3 is 19.3 Å². The number of ether oxygens (including phenoxy) is 2. The van der Waals surface area contributed by atoms with Crippen molar-refractivity contribution >= 4 is 11.8 Å². The average Bonchev–Trinajstić information content (AvgIpc) is 3.24. The molecular weight excluding hydrogens is 339 g/mol. The van der Waals surface area contributed by atoms with E-state index in [4.69, 9.17) is 9.47 Å². The van der Waals surface area contributed by atoms with Gasteiger partial charge in [-0.3, -0.25) is 9.59 Å². The molecule has 3 heterocycles. The van der Waals surface area contributed by atoms with E-state index in [2.05, 4.69) is 0 Å². The maximum atomic E-state index is 13.0. The Hall–Kier alpha value is -1.99. The molecule has 7 heteroatoms. The van der Waals surface area contributed by atoms with Crippen LogP contribution in [0.1, 0.15) is 24.8 Å². The van der Waals surface area contributed by atoms with Crippen molar-refractivity contribution in [2.24, 2.45) is 5.92 Å². The molecule has 2 amide bonds. The Morgan fingerprint density at radius 3 is 2.46 bits per heavy atom. The molecule has 3 aliphatic rings. The Labute approximate surface area is 151 Å². The van der Waals surface area contributed by atoms with E-state index < -0.39 is 5.79 Å². The van der Waals surface area contributed by atoms with Gasteiger partial charge in [-0.15, -0.1) is 0 Å². The van der Waals surface area contributed by atoms with Gasteiger partial charge in [-0.05, 0) is 17.7 Å². The van der Waals surface area contributed by atoms with Gasteiger partial charge in [-0.1, -0.05) is 12.1 Å². The van der Waals surface area contributed by atoms with E-state index in [0.29, 0.717) is 52.2 Å². The van der Waals surface area contributed by atoms with Crippen molar-refractivity contribution < 1.29 is 23.5 Å². The highest BCUT2D eigenvalue weighted by Gasteiger charge is 2.43. The third-order valence-electron chi connectivity index (χ3n) is 5.50. The first-order valence-electron chi connectivity index (χ1n) is 9.14. The summed E-state index contributed by atoms with van der Waals surface area (Å²) in [7, 11) is 0. The Balaban J connectivity index is 1.33. The molecule has 4 rings (SSSR count). The molecular formula is C19H23FN2O4. The molecule has 0 aromatic heterocycles. The quantitative estimate of drug-likeness (QED) is 0.818. The monoisotopic (exact) mass is 362 g/mol. The number of rotatable bonds is 3. The molecule has 1 spiro atoms. The molecule has 6 nitrogen and oxygen atoms in total. The number of likely N-dealkylation sites (tertiary alicyclic amines) is 2. The third-order valence-corrected chi connectivity index (χ3v) is 5.50. The first-order chi connectivity index (χ1) is 12.5. The number of benzene rings is 1. The second-order valence-corrected chi connectivity index (χ2v) is 7.23. The van der Waals surface area contributed by atoms with Gasteiger partial charge in [0.15, 0.2) is 5.79 Å². The summed E-state index contributed by atoms with van der Waals surface area (Å²) in [4.78, 5) is 28.6. The van der Waals surface area contributed by atoms with Crippen molar-refractivity contribution in [1.82, 2.24) is 9.80 Å². The Kier molecular flexibility index (Phi) is 4.67. The fraction of sp³-hybridized carbons (Fsp3) is 0.579. The van der Waals surface area contributed by atoms with Crippen LogP contribution in [-0.2, 0) is 25.6 Å². The van der Waals surface area contributed by atoms with Crippen LogP contribution in [0.15, 0.2) is 24.3 Å². The Bertz CT molecular complexity index is 677. The summed E-state index contributed by atoms with van der Waals surface area (Å²) in [5, 5.41) is 0. The molecule has 1 aromatic carbocycles. The fourth-order valence-electron chi connectivity index (χ4n) is 4.01. The molecule has 1 atom stereocenters. The van der Waals surface area contributed by atoms with Crippen molar-refractivity contribution in [3.05, 3.63) is 35.6 Å². The van der Waals surface area contributed by atoms with Crippen molar-refractivity contribution in [1.29, 1.82) is 0 Å². The lowest BCUT2D eigenvalue weighted by Crippen LogP contribution is -2.49. The smallest absolute Gasteiger partial charge is 0.228 e. The van der Waals surface area contributed by atoms with Gasteiger partial charge in [-0.25, -0.2) is 4.39 Å². The van der Waals surface area contributed by atoms with Gasteiger partial charge in [0.25, 0.3) is 0 Å². The summed E-state index contributed by atoms with van der Waals surface area (Å²) in [5.41, 5.74) is 0.864. The lowest BCUT2D eigenvalue weighted by atomic mass is 10.0. The second-order valence-electron chi connectivity index (χ2n) is 7.23. The molecule has 0 saturated carbocycles. The van der Waals surface area contributed by atoms with E-state index in [-0.39, 0.29) is 30.0 Å². The van der Waals surface area contributed by atoms with E-state index >= 15 is 0 Å². The highest BCUT2D eigenvalue weighted by Crippen LogP contribution is 2.32. The molecule has 140 valence electrons. The predicted molar refractivity (Wildman–Crippen MR) is 90.4 cm³/mol. The summed E-state index contributed by atoms with van der Waals surface area (Å²) in [6.45, 7) is 3.26. The number of nitrogens with zero attached hydrogens (tertiary/aromatic N) is 2. The van der Waals surface area contributed by atoms with Gasteiger partial charge >= 0.3 is 0 Å². The first kappa shape index (κ1) is 17.4. The third kappa shape index (κ3) is 3.46. The molecule has 1 aromatic rings. The minimum absolute atomic E-state index is 0.0244. The minimum atomic E-state index is -0.503. The first-order valence-corrected chi connectivity index (χ1v) is 9.14. The molecule has 0 radical (unpaired) electrons. The summed E-state index contributed by atoms with van der Waals surface area (Å²) in [6, 6.07) is 6.11. The van der Waals surface area contributed by atoms with E-state index in [1.165, 1.54) is 12.1 Å². The normalized spacial score (nSPS) is 25.3. The van der Waals surface area contributed by atoms with Crippen molar-refractivity contribution in [2.45, 2.75) is 31.6 Å². The summed E-state index contributed by atoms with van der Waals surface area (Å²) in [5.74, 6) is -1.09. The zero-order chi connectivity index (χ0) is 18.1. The molecule has 3 fully saturated rings. The van der Waals surface area contributed by atoms with Crippen LogP contribution in [0, 0.1) is 11.7 Å². The lowest BCUT2D eigenvalue weighted by Gasteiger charge is -2.38. The maximum Gasteiger partial charge on any atom is 0.228 e. The molecule has 0 bridgehead atoms. The minimum Gasteiger partial charge on any atom is -0.347 e. The largest absolute Gasteiger partial charge is 0.347 e. The maximum absolute atomic E-state index is 13.0. The SMILES string of the molecule is O=C1C[C@H](C(=O)N2CCC3(CC2)OCCO3)CN1Cc1ccc(F)cc1. The standard InChI is InChI=1S/C19H23FN2O4/c20-16-3-1-14(2-4-16)12-22-13-15(11-17(22)23)18(24)21-7-5-19(6-8-21)25-9-10-26-19/h1-4,15H,5-13H2/t15-/m0/s1. The van der Waals surface area contributed by atoms with Crippen molar-refractivity contribution in [2.75, 3.05) is 32.8 Å². The Morgan fingerprint density at radius 2 is 1.81 bits per heavy atom. The lowest BCUT2D eigenvalue weighted by molar-refractivity contribution is -0.188. The number of carbonyl (C=O) groups is 2. The van der Waals surface area contributed by atoms with Crippen LogP contribution < -0.4 is 0 Å². The van der Waals surface area contributed by atoms with Crippen LogP contribution in [0.25, 0.3) is 0 Å². The van der Waals surface area contributed by atoms with Crippen LogP contribution in [-0.4, -0.2) is 60.2 Å². The average molecular weight is 362 g/mol. The summed E-state index contributed by atoms with van der Waals surface area (Å²) < 4.78 is 24.4. The van der Waals surface area contributed by atoms with Crippen LogP contribution >= 0.6 is 0 Å². The topological polar surface area (TPSA) is 59.1 Å². The number of halogens is 1. The molecule has 0 aliphatic carbocycles. The van der Waals surface area contributed by atoms with Crippen LogP contribution in [0.4, 0.5) is 4.39 Å². The molecule has 3 aliphatic heterocycles. The van der Waals surface area contributed by atoms with Gasteiger partial charge in [0.05, 0.1) is 19.1 Å². The summed E-state index contributed by atoms with van der Waals surface area (Å²) in [6.07, 6.45) is 1.60. The van der Waals surface area contributed by atoms with Crippen LogP contribution in [0.2, 0.25) is 0 Å². The highest BCUT2D eigenvalue weighted by atomic mass is 19.1. The zero-order valence-electron chi connectivity index (χ0n) is 14.7. The van der Waals surface area contributed by atoms with Gasteiger partial charge in [0.1, 0.15) is 5.82 Å². The van der Waals surface area contributed by atoms with E-state index in [1.807, 2.05) is 4.90 Å². The Morgan fingerprint density at radius 1 is 1.15 bits per heavy atom. The zero-order valence-corrected chi connectivity index (χ0v) is 14.7. The van der Waals surface area contributed by atoms with Crippen molar-refractivity contribution in [3.8, 4) is 0 Å². The van der Waals surface area contributed by atoms with E-state index in [9.17, 15) is 14.0 Å². The van der Waals surface area contributed by atoms with E-state index in [0.717, 1.165) is 5.56 Å². The summed E-state index contributed by atoms with van der Waals surface area (Å²) >= 11 is 0. The van der Waals surface area contributed by atoms with Gasteiger partial charge in [-0.2, -0.15) is 0 Å². The number of hydrogen-bond acceptors (Lipinski definition) is 4. The van der Waals surface area contributed by atoms with Crippen molar-refractivity contribution in [3.63, 3.8) is 0 Å². The van der Waals surface area contributed by atoms with Gasteiger partial charge in [0, 0.05) is 45.4 Å². The predicted octanol–water partition coefficient (Wildman–Crippen LogP) is 1.54. The van der Waals surface area contributed by atoms with E-state index in [1.54, 1.807) is 17.0 Å².